The molecule has 0 aliphatic rings. The molecule has 110 valence electrons. The predicted octanol–water partition coefficient (Wildman–Crippen LogP) is 1.16. The van der Waals surface area contributed by atoms with Gasteiger partial charge in [-0.25, -0.2) is 4.98 Å². The summed E-state index contributed by atoms with van der Waals surface area (Å²) in [6.45, 7) is 5.63. The maximum absolute atomic E-state index is 11.9. The second-order valence-electron chi connectivity index (χ2n) is 4.29. The normalized spacial score (nSPS) is 9.90. The highest BCUT2D eigenvalue weighted by molar-refractivity contribution is 5.92. The van der Waals surface area contributed by atoms with Gasteiger partial charge in [-0.05, 0) is 25.5 Å². The molecule has 1 aromatic heterocycles. The first kappa shape index (κ1) is 15.9. The van der Waals surface area contributed by atoms with Gasteiger partial charge in [-0.1, -0.05) is 13.0 Å². The zero-order valence-corrected chi connectivity index (χ0v) is 12.0. The van der Waals surface area contributed by atoms with Gasteiger partial charge < -0.3 is 16.0 Å². The lowest BCUT2D eigenvalue weighted by Gasteiger charge is -2.07. The lowest BCUT2D eigenvalue weighted by atomic mass is 10.3. The fourth-order valence-electron chi connectivity index (χ4n) is 1.58. The van der Waals surface area contributed by atoms with Gasteiger partial charge in [0.05, 0.1) is 0 Å². The van der Waals surface area contributed by atoms with E-state index in [1.165, 1.54) is 0 Å². The van der Waals surface area contributed by atoms with Crippen LogP contribution in [0.15, 0.2) is 18.2 Å². The van der Waals surface area contributed by atoms with Crippen LogP contribution in [0.3, 0.4) is 0 Å². The third kappa shape index (κ3) is 5.69. The SMILES string of the molecule is CCCNc1cccc(C(=O)NCCC(=O)NCC)n1. The summed E-state index contributed by atoms with van der Waals surface area (Å²) in [7, 11) is 0. The van der Waals surface area contributed by atoms with Gasteiger partial charge in [0.2, 0.25) is 5.91 Å². The Morgan fingerprint density at radius 3 is 2.65 bits per heavy atom. The first-order valence-electron chi connectivity index (χ1n) is 6.93. The van der Waals surface area contributed by atoms with Gasteiger partial charge in [-0.3, -0.25) is 9.59 Å². The van der Waals surface area contributed by atoms with Crippen molar-refractivity contribution in [2.45, 2.75) is 26.7 Å². The average Bonchev–Trinajstić information content (AvgIpc) is 2.45. The lowest BCUT2D eigenvalue weighted by Crippen LogP contribution is -2.31. The van der Waals surface area contributed by atoms with Gasteiger partial charge >= 0.3 is 0 Å². The largest absolute Gasteiger partial charge is 0.370 e. The van der Waals surface area contributed by atoms with Gasteiger partial charge in [0, 0.05) is 26.1 Å². The summed E-state index contributed by atoms with van der Waals surface area (Å²) >= 11 is 0. The molecule has 0 aliphatic carbocycles. The van der Waals surface area contributed by atoms with Crippen molar-refractivity contribution in [1.29, 1.82) is 0 Å². The molecule has 1 heterocycles. The monoisotopic (exact) mass is 278 g/mol. The second kappa shape index (κ2) is 8.90. The minimum Gasteiger partial charge on any atom is -0.370 e. The van der Waals surface area contributed by atoms with Gasteiger partial charge in [0.15, 0.2) is 0 Å². The van der Waals surface area contributed by atoms with Crippen molar-refractivity contribution in [3.63, 3.8) is 0 Å². The quantitative estimate of drug-likeness (QED) is 0.666. The highest BCUT2D eigenvalue weighted by Gasteiger charge is 2.08. The maximum Gasteiger partial charge on any atom is 0.269 e. The van der Waals surface area contributed by atoms with Crippen molar-refractivity contribution in [3.05, 3.63) is 23.9 Å². The maximum atomic E-state index is 11.9. The topological polar surface area (TPSA) is 83.1 Å². The molecule has 0 fully saturated rings. The van der Waals surface area contributed by atoms with Crippen molar-refractivity contribution in [2.75, 3.05) is 25.0 Å². The van der Waals surface area contributed by atoms with Gasteiger partial charge in [-0.15, -0.1) is 0 Å². The number of rotatable bonds is 8. The molecule has 0 saturated carbocycles. The van der Waals surface area contributed by atoms with Gasteiger partial charge in [0.1, 0.15) is 11.5 Å². The van der Waals surface area contributed by atoms with Crippen molar-refractivity contribution < 1.29 is 9.59 Å². The summed E-state index contributed by atoms with van der Waals surface area (Å²) in [5, 5.41) is 8.48. The van der Waals surface area contributed by atoms with Crippen LogP contribution in [0.1, 0.15) is 37.2 Å². The van der Waals surface area contributed by atoms with Crippen LogP contribution in [0, 0.1) is 0 Å². The fourth-order valence-corrected chi connectivity index (χ4v) is 1.58. The van der Waals surface area contributed by atoms with Crippen LogP contribution in [0.4, 0.5) is 5.82 Å². The molecule has 6 heteroatoms. The standard InChI is InChI=1S/C14H22N4O2/c1-3-9-16-12-7-5-6-11(18-12)14(20)17-10-8-13(19)15-4-2/h5-7H,3-4,8-10H2,1-2H3,(H,15,19)(H,16,18)(H,17,20). The van der Waals surface area contributed by atoms with E-state index in [0.29, 0.717) is 24.6 Å². The molecular weight excluding hydrogens is 256 g/mol. The van der Waals surface area contributed by atoms with Crippen molar-refractivity contribution in [1.82, 2.24) is 15.6 Å². The summed E-state index contributed by atoms with van der Waals surface area (Å²) in [5.41, 5.74) is 0.349. The Balaban J connectivity index is 2.44. The summed E-state index contributed by atoms with van der Waals surface area (Å²) < 4.78 is 0. The van der Waals surface area contributed by atoms with Gasteiger partial charge in [-0.2, -0.15) is 0 Å². The summed E-state index contributed by atoms with van der Waals surface area (Å²) in [5.74, 6) is 0.344. The van der Waals surface area contributed by atoms with Crippen molar-refractivity contribution in [2.24, 2.45) is 0 Å². The van der Waals surface area contributed by atoms with E-state index in [9.17, 15) is 9.59 Å². The van der Waals surface area contributed by atoms with Crippen LogP contribution in [-0.2, 0) is 4.79 Å². The van der Waals surface area contributed by atoms with E-state index in [2.05, 4.69) is 27.9 Å². The summed E-state index contributed by atoms with van der Waals surface area (Å²) in [6, 6.07) is 5.25. The highest BCUT2D eigenvalue weighted by Crippen LogP contribution is 2.04. The number of nitrogens with zero attached hydrogens (tertiary/aromatic N) is 1. The predicted molar refractivity (Wildman–Crippen MR) is 78.7 cm³/mol. The molecule has 3 N–H and O–H groups in total. The van der Waals surface area contributed by atoms with E-state index in [0.717, 1.165) is 13.0 Å². The van der Waals surface area contributed by atoms with Crippen LogP contribution in [0.25, 0.3) is 0 Å². The number of carbonyl (C=O) groups is 2. The molecule has 1 aromatic rings. The molecule has 6 nitrogen and oxygen atoms in total. The Kier molecular flexibility index (Phi) is 7.10. The number of hydrogen-bond donors (Lipinski definition) is 3. The summed E-state index contributed by atoms with van der Waals surface area (Å²) in [4.78, 5) is 27.3. The number of aromatic nitrogens is 1. The molecule has 0 unspecified atom stereocenters. The van der Waals surface area contributed by atoms with E-state index < -0.39 is 0 Å². The van der Waals surface area contributed by atoms with Crippen LogP contribution < -0.4 is 16.0 Å². The average molecular weight is 278 g/mol. The Morgan fingerprint density at radius 2 is 1.95 bits per heavy atom. The minimum absolute atomic E-state index is 0.0703. The Labute approximate surface area is 119 Å². The molecule has 1 rings (SSSR count). The molecular formula is C14H22N4O2. The van der Waals surface area contributed by atoms with E-state index >= 15 is 0 Å². The summed E-state index contributed by atoms with van der Waals surface area (Å²) in [6.07, 6.45) is 1.26. The van der Waals surface area contributed by atoms with E-state index in [4.69, 9.17) is 0 Å². The number of nitrogens with one attached hydrogen (secondary N) is 3. The first-order chi connectivity index (χ1) is 9.67. The molecule has 0 atom stereocenters. The Hall–Kier alpha value is -2.11. The molecule has 0 bridgehead atoms. The molecule has 0 aromatic carbocycles. The molecule has 0 saturated heterocycles. The smallest absolute Gasteiger partial charge is 0.269 e. The zero-order valence-electron chi connectivity index (χ0n) is 12.0. The van der Waals surface area contributed by atoms with Crippen molar-refractivity contribution in [3.8, 4) is 0 Å². The lowest BCUT2D eigenvalue weighted by molar-refractivity contribution is -0.120. The molecule has 0 radical (unpaired) electrons. The third-order valence-corrected chi connectivity index (χ3v) is 2.55. The molecule has 0 aliphatic heterocycles. The fraction of sp³-hybridized carbons (Fsp3) is 0.500. The number of pyridine rings is 1. The molecule has 20 heavy (non-hydrogen) atoms. The number of hydrogen-bond acceptors (Lipinski definition) is 4. The first-order valence-corrected chi connectivity index (χ1v) is 6.93. The second-order valence-corrected chi connectivity index (χ2v) is 4.29. The Bertz CT molecular complexity index is 449. The Morgan fingerprint density at radius 1 is 1.15 bits per heavy atom. The number of carbonyl (C=O) groups excluding carboxylic acids is 2. The third-order valence-electron chi connectivity index (χ3n) is 2.55. The van der Waals surface area contributed by atoms with E-state index in [-0.39, 0.29) is 18.2 Å². The van der Waals surface area contributed by atoms with E-state index in [1.54, 1.807) is 12.1 Å². The van der Waals surface area contributed by atoms with Gasteiger partial charge in [0.25, 0.3) is 5.91 Å². The zero-order chi connectivity index (χ0) is 14.8. The van der Waals surface area contributed by atoms with Crippen LogP contribution in [-0.4, -0.2) is 36.4 Å². The molecule has 2 amide bonds. The number of anilines is 1. The highest BCUT2D eigenvalue weighted by atomic mass is 16.2. The van der Waals surface area contributed by atoms with Crippen LogP contribution >= 0.6 is 0 Å². The minimum atomic E-state index is -0.269. The number of amides is 2. The van der Waals surface area contributed by atoms with Crippen molar-refractivity contribution >= 4 is 17.6 Å². The van der Waals surface area contributed by atoms with E-state index in [1.807, 2.05) is 13.0 Å². The molecule has 0 spiro atoms. The van der Waals surface area contributed by atoms with Crippen LogP contribution in [0.5, 0.6) is 0 Å². The van der Waals surface area contributed by atoms with Crippen LogP contribution in [0.2, 0.25) is 0 Å².